The van der Waals surface area contributed by atoms with E-state index < -0.39 is 5.60 Å². The number of piperidine rings is 1. The molecule has 2 nitrogen and oxygen atoms in total. The molecule has 1 fully saturated rings. The van der Waals surface area contributed by atoms with Crippen LogP contribution in [0.15, 0.2) is 18.2 Å². The zero-order chi connectivity index (χ0) is 12.5. The zero-order valence-corrected chi connectivity index (χ0v) is 10.7. The second kappa shape index (κ2) is 4.92. The Morgan fingerprint density at radius 2 is 2.29 bits per heavy atom. The molecule has 0 amide bonds. The molecule has 2 rings (SSSR count). The monoisotopic (exact) mass is 257 g/mol. The van der Waals surface area contributed by atoms with Gasteiger partial charge in [0.2, 0.25) is 0 Å². The zero-order valence-electron chi connectivity index (χ0n) is 9.92. The first-order chi connectivity index (χ1) is 7.96. The number of hydrogen-bond donors (Lipinski definition) is 1. The molecule has 1 saturated heterocycles. The van der Waals surface area contributed by atoms with E-state index in [1.54, 1.807) is 12.1 Å². The van der Waals surface area contributed by atoms with Crippen molar-refractivity contribution in [2.75, 3.05) is 13.1 Å². The van der Waals surface area contributed by atoms with Crippen molar-refractivity contribution in [2.24, 2.45) is 0 Å². The first-order valence-corrected chi connectivity index (χ1v) is 6.23. The van der Waals surface area contributed by atoms with E-state index in [1.807, 2.05) is 6.92 Å². The summed E-state index contributed by atoms with van der Waals surface area (Å²) in [5.41, 5.74) is -0.0666. The van der Waals surface area contributed by atoms with Gasteiger partial charge in [-0.1, -0.05) is 11.6 Å². The van der Waals surface area contributed by atoms with Crippen molar-refractivity contribution in [3.8, 4) is 0 Å². The summed E-state index contributed by atoms with van der Waals surface area (Å²) in [5.74, 6) is -0.236. The summed E-state index contributed by atoms with van der Waals surface area (Å²) >= 11 is 5.86. The first kappa shape index (κ1) is 12.8. The molecule has 1 aliphatic rings. The van der Waals surface area contributed by atoms with Crippen molar-refractivity contribution >= 4 is 11.6 Å². The summed E-state index contributed by atoms with van der Waals surface area (Å²) in [5, 5.41) is 10.5. The standard InChI is InChI=1S/C13H17ClFNO/c1-13(17)5-2-6-16(9-13)8-10-7-11(14)3-4-12(10)15/h3-4,7,17H,2,5-6,8-9H2,1H3. The van der Waals surface area contributed by atoms with Crippen LogP contribution in [0, 0.1) is 5.82 Å². The van der Waals surface area contributed by atoms with Crippen LogP contribution >= 0.6 is 11.6 Å². The molecule has 17 heavy (non-hydrogen) atoms. The predicted octanol–water partition coefficient (Wildman–Crippen LogP) is 2.83. The van der Waals surface area contributed by atoms with Crippen LogP contribution in [0.3, 0.4) is 0 Å². The fourth-order valence-electron chi connectivity index (χ4n) is 2.36. The normalized spacial score (nSPS) is 26.1. The molecule has 1 aromatic rings. The van der Waals surface area contributed by atoms with Gasteiger partial charge in [0.25, 0.3) is 0 Å². The van der Waals surface area contributed by atoms with Crippen LogP contribution in [0.5, 0.6) is 0 Å². The van der Waals surface area contributed by atoms with Gasteiger partial charge in [-0.2, -0.15) is 0 Å². The summed E-state index contributed by atoms with van der Waals surface area (Å²) in [6, 6.07) is 4.59. The largest absolute Gasteiger partial charge is 0.389 e. The Morgan fingerprint density at radius 1 is 1.53 bits per heavy atom. The fraction of sp³-hybridized carbons (Fsp3) is 0.538. The van der Waals surface area contributed by atoms with Crippen LogP contribution < -0.4 is 0 Å². The molecule has 4 heteroatoms. The van der Waals surface area contributed by atoms with Gasteiger partial charge in [-0.05, 0) is 44.5 Å². The summed E-state index contributed by atoms with van der Waals surface area (Å²) in [4.78, 5) is 2.07. The molecule has 94 valence electrons. The second-order valence-corrected chi connectivity index (χ2v) is 5.48. The van der Waals surface area contributed by atoms with Gasteiger partial charge in [0.1, 0.15) is 5.82 Å². The molecule has 0 bridgehead atoms. The summed E-state index contributed by atoms with van der Waals surface area (Å²) in [6.45, 7) is 3.80. The SMILES string of the molecule is CC1(O)CCCN(Cc2cc(Cl)ccc2F)C1. The molecule has 1 heterocycles. The lowest BCUT2D eigenvalue weighted by Gasteiger charge is -2.36. The predicted molar refractivity (Wildman–Crippen MR) is 66.5 cm³/mol. The van der Waals surface area contributed by atoms with Gasteiger partial charge < -0.3 is 5.11 Å². The van der Waals surface area contributed by atoms with Gasteiger partial charge in [-0.15, -0.1) is 0 Å². The van der Waals surface area contributed by atoms with E-state index in [1.165, 1.54) is 6.07 Å². The van der Waals surface area contributed by atoms with Crippen LogP contribution in [-0.2, 0) is 6.54 Å². The molecule has 1 atom stereocenters. The lowest BCUT2D eigenvalue weighted by atomic mass is 9.95. The average Bonchev–Trinajstić information content (AvgIpc) is 2.22. The van der Waals surface area contributed by atoms with Crippen LogP contribution in [0.25, 0.3) is 0 Å². The minimum atomic E-state index is -0.659. The summed E-state index contributed by atoms with van der Waals surface area (Å²) < 4.78 is 13.6. The number of likely N-dealkylation sites (tertiary alicyclic amines) is 1. The van der Waals surface area contributed by atoms with Gasteiger partial charge in [-0.25, -0.2) is 4.39 Å². The maximum atomic E-state index is 13.6. The Kier molecular flexibility index (Phi) is 3.71. The topological polar surface area (TPSA) is 23.5 Å². The van der Waals surface area contributed by atoms with E-state index in [2.05, 4.69) is 4.90 Å². The molecule has 0 spiro atoms. The summed E-state index contributed by atoms with van der Waals surface area (Å²) in [7, 11) is 0. The Hall–Kier alpha value is -0.640. The van der Waals surface area contributed by atoms with Crippen molar-refractivity contribution in [3.05, 3.63) is 34.6 Å². The van der Waals surface area contributed by atoms with Crippen LogP contribution in [-0.4, -0.2) is 28.7 Å². The highest BCUT2D eigenvalue weighted by molar-refractivity contribution is 6.30. The number of nitrogens with zero attached hydrogens (tertiary/aromatic N) is 1. The van der Waals surface area contributed by atoms with E-state index in [9.17, 15) is 9.50 Å². The van der Waals surface area contributed by atoms with Crippen molar-refractivity contribution in [1.29, 1.82) is 0 Å². The highest BCUT2D eigenvalue weighted by atomic mass is 35.5. The molecular formula is C13H17ClFNO. The average molecular weight is 258 g/mol. The van der Waals surface area contributed by atoms with Crippen molar-refractivity contribution in [1.82, 2.24) is 4.90 Å². The molecule has 0 aliphatic carbocycles. The van der Waals surface area contributed by atoms with E-state index in [-0.39, 0.29) is 5.82 Å². The van der Waals surface area contributed by atoms with Crippen LogP contribution in [0.2, 0.25) is 5.02 Å². The van der Waals surface area contributed by atoms with E-state index in [0.717, 1.165) is 19.4 Å². The Balaban J connectivity index is 2.07. The maximum Gasteiger partial charge on any atom is 0.127 e. The van der Waals surface area contributed by atoms with Gasteiger partial charge in [-0.3, -0.25) is 4.90 Å². The lowest BCUT2D eigenvalue weighted by molar-refractivity contribution is -0.0184. The highest BCUT2D eigenvalue weighted by Crippen LogP contribution is 2.23. The molecule has 1 N–H and O–H groups in total. The number of rotatable bonds is 2. The van der Waals surface area contributed by atoms with Gasteiger partial charge >= 0.3 is 0 Å². The number of halogens is 2. The third-order valence-corrected chi connectivity index (χ3v) is 3.39. The Bertz CT molecular complexity index is 408. The molecular weight excluding hydrogens is 241 g/mol. The smallest absolute Gasteiger partial charge is 0.127 e. The number of hydrogen-bond acceptors (Lipinski definition) is 2. The molecule has 0 radical (unpaired) electrons. The summed E-state index contributed by atoms with van der Waals surface area (Å²) in [6.07, 6.45) is 1.75. The maximum absolute atomic E-state index is 13.6. The van der Waals surface area contributed by atoms with E-state index in [4.69, 9.17) is 11.6 Å². The fourth-order valence-corrected chi connectivity index (χ4v) is 2.56. The Labute approximate surface area is 106 Å². The highest BCUT2D eigenvalue weighted by Gasteiger charge is 2.28. The van der Waals surface area contributed by atoms with Crippen molar-refractivity contribution < 1.29 is 9.50 Å². The number of aliphatic hydroxyl groups is 1. The van der Waals surface area contributed by atoms with Crippen LogP contribution in [0.4, 0.5) is 4.39 Å². The first-order valence-electron chi connectivity index (χ1n) is 5.85. The molecule has 1 aliphatic heterocycles. The van der Waals surface area contributed by atoms with Gasteiger partial charge in [0, 0.05) is 23.7 Å². The van der Waals surface area contributed by atoms with Crippen molar-refractivity contribution in [3.63, 3.8) is 0 Å². The molecule has 0 aromatic heterocycles. The molecule has 1 aromatic carbocycles. The van der Waals surface area contributed by atoms with Gasteiger partial charge in [0.05, 0.1) is 5.60 Å². The lowest BCUT2D eigenvalue weighted by Crippen LogP contribution is -2.45. The minimum absolute atomic E-state index is 0.236. The Morgan fingerprint density at radius 3 is 3.00 bits per heavy atom. The second-order valence-electron chi connectivity index (χ2n) is 5.05. The number of β-amino-alcohol motifs (C(OH)–C–C–N with tert-alkyl or cyclic N) is 1. The number of benzene rings is 1. The minimum Gasteiger partial charge on any atom is -0.389 e. The third-order valence-electron chi connectivity index (χ3n) is 3.16. The van der Waals surface area contributed by atoms with Crippen LogP contribution in [0.1, 0.15) is 25.3 Å². The van der Waals surface area contributed by atoms with Crippen molar-refractivity contribution in [2.45, 2.75) is 31.9 Å². The molecule has 0 saturated carbocycles. The quantitative estimate of drug-likeness (QED) is 0.881. The molecule has 1 unspecified atom stereocenters. The van der Waals surface area contributed by atoms with E-state index >= 15 is 0 Å². The van der Waals surface area contributed by atoms with Gasteiger partial charge in [0.15, 0.2) is 0 Å². The third kappa shape index (κ3) is 3.41. The van der Waals surface area contributed by atoms with E-state index in [0.29, 0.717) is 23.7 Å².